The molecule has 1 unspecified atom stereocenters. The Morgan fingerprint density at radius 1 is 1.29 bits per heavy atom. The fourth-order valence-corrected chi connectivity index (χ4v) is 3.23. The molecule has 1 atom stereocenters. The second-order valence-electron chi connectivity index (χ2n) is 5.28. The van der Waals surface area contributed by atoms with Crippen LogP contribution in [0.4, 0.5) is 0 Å². The number of carbonyl (C=O) groups is 1. The molecule has 1 aromatic carbocycles. The van der Waals surface area contributed by atoms with Crippen molar-refractivity contribution in [3.63, 3.8) is 0 Å². The fraction of sp³-hybridized carbons (Fsp3) is 0.353. The van der Waals surface area contributed by atoms with Crippen LogP contribution in [-0.2, 0) is 21.4 Å². The maximum Gasteiger partial charge on any atom is 0.317 e. The van der Waals surface area contributed by atoms with Crippen LogP contribution in [-0.4, -0.2) is 19.6 Å². The Bertz CT molecular complexity index is 577. The summed E-state index contributed by atoms with van der Waals surface area (Å²) in [5, 5.41) is 4.15. The van der Waals surface area contributed by atoms with Crippen LogP contribution in [0.1, 0.15) is 23.1 Å². The van der Waals surface area contributed by atoms with E-state index >= 15 is 0 Å². The molecule has 2 N–H and O–H groups in total. The monoisotopic (exact) mass is 303 g/mol. The number of nitrogens with two attached hydrogens (primary N) is 1. The zero-order valence-electron chi connectivity index (χ0n) is 12.5. The fourth-order valence-electron chi connectivity index (χ4n) is 2.53. The molecule has 2 aromatic rings. The first-order valence-electron chi connectivity index (χ1n) is 6.99. The summed E-state index contributed by atoms with van der Waals surface area (Å²) in [5.74, 6) is -0.260. The maximum atomic E-state index is 12.4. The highest BCUT2D eigenvalue weighted by atomic mass is 32.1. The molecule has 0 fully saturated rings. The molecule has 0 aliphatic heterocycles. The predicted octanol–water partition coefficient (Wildman–Crippen LogP) is 3.06. The van der Waals surface area contributed by atoms with E-state index in [1.165, 1.54) is 12.7 Å². The van der Waals surface area contributed by atoms with Crippen LogP contribution >= 0.6 is 11.3 Å². The number of hydrogen-bond acceptors (Lipinski definition) is 4. The summed E-state index contributed by atoms with van der Waals surface area (Å²) in [5.41, 5.74) is 8.54. The average Bonchev–Trinajstić information content (AvgIpc) is 3.02. The van der Waals surface area contributed by atoms with Crippen molar-refractivity contribution < 1.29 is 9.53 Å². The van der Waals surface area contributed by atoms with Crippen LogP contribution < -0.4 is 5.73 Å². The molecule has 0 saturated carbocycles. The van der Waals surface area contributed by atoms with Crippen LogP contribution in [0.5, 0.6) is 0 Å². The zero-order valence-corrected chi connectivity index (χ0v) is 13.3. The predicted molar refractivity (Wildman–Crippen MR) is 86.6 cm³/mol. The van der Waals surface area contributed by atoms with Gasteiger partial charge in [0.25, 0.3) is 0 Å². The third kappa shape index (κ3) is 3.34. The van der Waals surface area contributed by atoms with Crippen LogP contribution in [0.3, 0.4) is 0 Å². The van der Waals surface area contributed by atoms with E-state index in [0.717, 1.165) is 17.5 Å². The Morgan fingerprint density at radius 2 is 2.00 bits per heavy atom. The van der Waals surface area contributed by atoms with Gasteiger partial charge in [0, 0.05) is 6.54 Å². The summed E-state index contributed by atoms with van der Waals surface area (Å²) in [6.07, 6.45) is 1.46. The van der Waals surface area contributed by atoms with Crippen LogP contribution in [0.2, 0.25) is 0 Å². The van der Waals surface area contributed by atoms with E-state index in [2.05, 4.69) is 11.4 Å². The molecular weight excluding hydrogens is 282 g/mol. The van der Waals surface area contributed by atoms with Crippen molar-refractivity contribution in [1.29, 1.82) is 0 Å². The molecular formula is C17H21NO2S. The number of aryl methyl sites for hydroxylation is 2. The minimum absolute atomic E-state index is 0.243. The second-order valence-corrected chi connectivity index (χ2v) is 6.06. The third-order valence-electron chi connectivity index (χ3n) is 3.95. The molecule has 4 heteroatoms. The minimum atomic E-state index is -0.773. The summed E-state index contributed by atoms with van der Waals surface area (Å²) in [6, 6.07) is 10.1. The third-order valence-corrected chi connectivity index (χ3v) is 4.68. The zero-order chi connectivity index (χ0) is 15.3. The standard InChI is InChI=1S/C17H21NO2S/c1-13-3-5-15(6-4-13)17(12-18,16(19)20-2)9-7-14-8-10-21-11-14/h3-6,8,10-11H,7,9,12,18H2,1-2H3. The first-order chi connectivity index (χ1) is 10.1. The second kappa shape index (κ2) is 6.87. The quantitative estimate of drug-likeness (QED) is 0.834. The van der Waals surface area contributed by atoms with Gasteiger partial charge < -0.3 is 10.5 Å². The van der Waals surface area contributed by atoms with Gasteiger partial charge in [-0.05, 0) is 47.7 Å². The van der Waals surface area contributed by atoms with E-state index in [1.807, 2.05) is 36.6 Å². The Morgan fingerprint density at radius 3 is 2.52 bits per heavy atom. The van der Waals surface area contributed by atoms with Gasteiger partial charge in [-0.25, -0.2) is 0 Å². The largest absolute Gasteiger partial charge is 0.468 e. The number of benzene rings is 1. The van der Waals surface area contributed by atoms with Gasteiger partial charge in [-0.15, -0.1) is 0 Å². The normalized spacial score (nSPS) is 13.7. The van der Waals surface area contributed by atoms with Gasteiger partial charge in [0.2, 0.25) is 0 Å². The maximum absolute atomic E-state index is 12.4. The van der Waals surface area contributed by atoms with Crippen LogP contribution in [0.15, 0.2) is 41.1 Å². The number of hydrogen-bond donors (Lipinski definition) is 1. The lowest BCUT2D eigenvalue weighted by molar-refractivity contribution is -0.147. The van der Waals surface area contributed by atoms with E-state index in [-0.39, 0.29) is 12.5 Å². The first kappa shape index (κ1) is 15.7. The lowest BCUT2D eigenvalue weighted by Gasteiger charge is -2.30. The summed E-state index contributed by atoms with van der Waals surface area (Å²) < 4.78 is 5.04. The number of carbonyl (C=O) groups excluding carboxylic acids is 1. The molecule has 0 saturated heterocycles. The molecule has 3 nitrogen and oxygen atoms in total. The molecule has 112 valence electrons. The molecule has 0 bridgehead atoms. The summed E-state index contributed by atoms with van der Waals surface area (Å²) >= 11 is 1.66. The molecule has 0 aliphatic carbocycles. The van der Waals surface area contributed by atoms with Gasteiger partial charge >= 0.3 is 5.97 Å². The van der Waals surface area contributed by atoms with Gasteiger partial charge in [-0.1, -0.05) is 29.8 Å². The molecule has 0 aliphatic rings. The van der Waals surface area contributed by atoms with Gasteiger partial charge in [-0.2, -0.15) is 11.3 Å². The number of rotatable bonds is 6. The van der Waals surface area contributed by atoms with E-state index < -0.39 is 5.41 Å². The highest BCUT2D eigenvalue weighted by molar-refractivity contribution is 7.07. The lowest BCUT2D eigenvalue weighted by Crippen LogP contribution is -2.44. The summed E-state index contributed by atoms with van der Waals surface area (Å²) in [6.45, 7) is 2.27. The van der Waals surface area contributed by atoms with E-state index in [0.29, 0.717) is 6.42 Å². The van der Waals surface area contributed by atoms with Crippen molar-refractivity contribution in [2.75, 3.05) is 13.7 Å². The van der Waals surface area contributed by atoms with Crippen molar-refractivity contribution in [3.8, 4) is 0 Å². The number of thiophene rings is 1. The summed E-state index contributed by atoms with van der Waals surface area (Å²) in [7, 11) is 1.42. The van der Waals surface area contributed by atoms with Gasteiger partial charge in [0.1, 0.15) is 5.41 Å². The SMILES string of the molecule is COC(=O)C(CN)(CCc1ccsc1)c1ccc(C)cc1. The van der Waals surface area contributed by atoms with Crippen molar-refractivity contribution in [3.05, 3.63) is 57.8 Å². The highest BCUT2D eigenvalue weighted by Crippen LogP contribution is 2.31. The number of esters is 1. The van der Waals surface area contributed by atoms with E-state index in [9.17, 15) is 4.79 Å². The Labute approximate surface area is 129 Å². The molecule has 1 heterocycles. The smallest absolute Gasteiger partial charge is 0.317 e. The van der Waals surface area contributed by atoms with Crippen LogP contribution in [0.25, 0.3) is 0 Å². The molecule has 1 aromatic heterocycles. The molecule has 2 rings (SSSR count). The molecule has 0 amide bonds. The lowest BCUT2D eigenvalue weighted by atomic mass is 9.76. The molecule has 21 heavy (non-hydrogen) atoms. The summed E-state index contributed by atoms with van der Waals surface area (Å²) in [4.78, 5) is 12.4. The Hall–Kier alpha value is -1.65. The number of methoxy groups -OCH3 is 1. The van der Waals surface area contributed by atoms with Crippen molar-refractivity contribution in [1.82, 2.24) is 0 Å². The van der Waals surface area contributed by atoms with E-state index in [4.69, 9.17) is 10.5 Å². The van der Waals surface area contributed by atoms with Gasteiger partial charge in [0.05, 0.1) is 7.11 Å². The van der Waals surface area contributed by atoms with Gasteiger partial charge in [-0.3, -0.25) is 4.79 Å². The van der Waals surface area contributed by atoms with E-state index in [1.54, 1.807) is 11.3 Å². The molecule has 0 radical (unpaired) electrons. The van der Waals surface area contributed by atoms with Crippen LogP contribution in [0, 0.1) is 6.92 Å². The molecule has 0 spiro atoms. The minimum Gasteiger partial charge on any atom is -0.468 e. The Kier molecular flexibility index (Phi) is 5.15. The Balaban J connectivity index is 2.32. The van der Waals surface area contributed by atoms with Crippen molar-refractivity contribution in [2.24, 2.45) is 5.73 Å². The number of ether oxygens (including phenoxy) is 1. The van der Waals surface area contributed by atoms with Crippen molar-refractivity contribution in [2.45, 2.75) is 25.2 Å². The average molecular weight is 303 g/mol. The van der Waals surface area contributed by atoms with Gasteiger partial charge in [0.15, 0.2) is 0 Å². The topological polar surface area (TPSA) is 52.3 Å². The highest BCUT2D eigenvalue weighted by Gasteiger charge is 2.39. The van der Waals surface area contributed by atoms with Crippen molar-refractivity contribution >= 4 is 17.3 Å². The first-order valence-corrected chi connectivity index (χ1v) is 7.93.